The van der Waals surface area contributed by atoms with E-state index < -0.39 is 11.8 Å². The highest BCUT2D eigenvalue weighted by molar-refractivity contribution is 6.30. The van der Waals surface area contributed by atoms with Crippen molar-refractivity contribution in [2.75, 3.05) is 0 Å². The van der Waals surface area contributed by atoms with Crippen LogP contribution in [0.1, 0.15) is 10.4 Å². The molecule has 0 saturated carbocycles. The number of hydrogen-bond donors (Lipinski definition) is 1. The molecule has 0 radical (unpaired) electrons. The van der Waals surface area contributed by atoms with E-state index in [0.29, 0.717) is 16.1 Å². The van der Waals surface area contributed by atoms with Gasteiger partial charge in [-0.15, -0.1) is 0 Å². The molecule has 0 unspecified atom stereocenters. The van der Waals surface area contributed by atoms with E-state index in [1.54, 1.807) is 24.3 Å². The topological polar surface area (TPSA) is 37.3 Å². The molecular formula is C13H8ClFO2. The lowest BCUT2D eigenvalue weighted by atomic mass is 10.00. The van der Waals surface area contributed by atoms with Gasteiger partial charge in [-0.05, 0) is 41.5 Å². The van der Waals surface area contributed by atoms with Crippen molar-refractivity contribution in [1.29, 1.82) is 0 Å². The van der Waals surface area contributed by atoms with E-state index in [9.17, 15) is 9.18 Å². The van der Waals surface area contributed by atoms with E-state index in [1.165, 1.54) is 12.1 Å². The lowest BCUT2D eigenvalue weighted by molar-refractivity contribution is 0.0697. The Labute approximate surface area is 102 Å². The Morgan fingerprint density at radius 2 is 1.76 bits per heavy atom. The van der Waals surface area contributed by atoms with Gasteiger partial charge in [-0.3, -0.25) is 0 Å². The Bertz CT molecular complexity index is 564. The monoisotopic (exact) mass is 250 g/mol. The maximum absolute atomic E-state index is 13.2. The molecule has 2 aromatic rings. The van der Waals surface area contributed by atoms with Crippen LogP contribution >= 0.6 is 11.6 Å². The van der Waals surface area contributed by atoms with Crippen molar-refractivity contribution < 1.29 is 14.3 Å². The first kappa shape index (κ1) is 11.6. The number of hydrogen-bond acceptors (Lipinski definition) is 1. The number of aromatic carboxylic acids is 1. The maximum atomic E-state index is 13.2. The van der Waals surface area contributed by atoms with Gasteiger partial charge in [0.2, 0.25) is 0 Å². The number of benzene rings is 2. The smallest absolute Gasteiger partial charge is 0.336 e. The third-order valence-electron chi connectivity index (χ3n) is 2.37. The molecule has 2 rings (SSSR count). The van der Waals surface area contributed by atoms with E-state index in [2.05, 4.69) is 0 Å². The van der Waals surface area contributed by atoms with E-state index in [0.717, 1.165) is 6.07 Å². The Balaban J connectivity index is 2.60. The number of rotatable bonds is 2. The van der Waals surface area contributed by atoms with Crippen LogP contribution in [0.4, 0.5) is 4.39 Å². The average molecular weight is 251 g/mol. The van der Waals surface area contributed by atoms with Crippen LogP contribution in [0, 0.1) is 5.82 Å². The quantitative estimate of drug-likeness (QED) is 0.879. The second kappa shape index (κ2) is 4.55. The molecule has 0 spiro atoms. The summed E-state index contributed by atoms with van der Waals surface area (Å²) in [4.78, 5) is 11.0. The van der Waals surface area contributed by atoms with Crippen molar-refractivity contribution in [3.63, 3.8) is 0 Å². The zero-order chi connectivity index (χ0) is 12.4. The van der Waals surface area contributed by atoms with Crippen molar-refractivity contribution in [2.24, 2.45) is 0 Å². The summed E-state index contributed by atoms with van der Waals surface area (Å²) in [6.45, 7) is 0. The number of carboxylic acids is 1. The zero-order valence-corrected chi connectivity index (χ0v) is 9.41. The fourth-order valence-electron chi connectivity index (χ4n) is 1.57. The van der Waals surface area contributed by atoms with Gasteiger partial charge in [0.25, 0.3) is 0 Å². The minimum absolute atomic E-state index is 0.0636. The zero-order valence-electron chi connectivity index (χ0n) is 8.65. The van der Waals surface area contributed by atoms with Crippen molar-refractivity contribution in [1.82, 2.24) is 0 Å². The summed E-state index contributed by atoms with van der Waals surface area (Å²) in [6.07, 6.45) is 0. The molecule has 0 atom stereocenters. The maximum Gasteiger partial charge on any atom is 0.336 e. The standard InChI is InChI=1S/C13H8ClFO2/c14-9-3-1-8(2-4-9)12-7-10(15)5-6-11(12)13(16)17/h1-7H,(H,16,17). The van der Waals surface area contributed by atoms with E-state index in [4.69, 9.17) is 16.7 Å². The first-order valence-corrected chi connectivity index (χ1v) is 5.24. The predicted molar refractivity (Wildman–Crippen MR) is 63.8 cm³/mol. The van der Waals surface area contributed by atoms with Gasteiger partial charge in [0.15, 0.2) is 0 Å². The molecule has 0 bridgehead atoms. The molecule has 0 heterocycles. The molecule has 0 aliphatic rings. The molecule has 86 valence electrons. The molecule has 0 aromatic heterocycles. The van der Waals surface area contributed by atoms with Crippen LogP contribution in [0.3, 0.4) is 0 Å². The van der Waals surface area contributed by atoms with Gasteiger partial charge in [0, 0.05) is 5.02 Å². The number of carboxylic acid groups (broad SMARTS) is 1. The Morgan fingerprint density at radius 3 is 2.35 bits per heavy atom. The fourth-order valence-corrected chi connectivity index (χ4v) is 1.70. The summed E-state index contributed by atoms with van der Waals surface area (Å²) in [5.41, 5.74) is 1.02. The Morgan fingerprint density at radius 1 is 1.12 bits per heavy atom. The molecule has 1 N–H and O–H groups in total. The minimum atomic E-state index is -1.09. The molecule has 17 heavy (non-hydrogen) atoms. The first-order chi connectivity index (χ1) is 8.08. The largest absolute Gasteiger partial charge is 0.478 e. The third-order valence-corrected chi connectivity index (χ3v) is 2.62. The Hall–Kier alpha value is -1.87. The average Bonchev–Trinajstić information content (AvgIpc) is 2.29. The highest BCUT2D eigenvalue weighted by Crippen LogP contribution is 2.26. The fraction of sp³-hybridized carbons (Fsp3) is 0. The summed E-state index contributed by atoms with van der Waals surface area (Å²) in [6, 6.07) is 10.2. The van der Waals surface area contributed by atoms with Gasteiger partial charge >= 0.3 is 5.97 Å². The normalized spacial score (nSPS) is 10.2. The number of carbonyl (C=O) groups is 1. The summed E-state index contributed by atoms with van der Waals surface area (Å²) in [5, 5.41) is 9.57. The lowest BCUT2D eigenvalue weighted by Crippen LogP contribution is -1.99. The predicted octanol–water partition coefficient (Wildman–Crippen LogP) is 3.84. The van der Waals surface area contributed by atoms with Crippen LogP contribution < -0.4 is 0 Å². The van der Waals surface area contributed by atoms with Gasteiger partial charge in [0.05, 0.1) is 5.56 Å². The molecule has 2 nitrogen and oxygen atoms in total. The van der Waals surface area contributed by atoms with Gasteiger partial charge < -0.3 is 5.11 Å². The van der Waals surface area contributed by atoms with Crippen LogP contribution in [0.15, 0.2) is 42.5 Å². The van der Waals surface area contributed by atoms with Crippen molar-refractivity contribution in [2.45, 2.75) is 0 Å². The molecule has 0 aliphatic carbocycles. The third kappa shape index (κ3) is 2.45. The highest BCUT2D eigenvalue weighted by Gasteiger charge is 2.12. The second-order valence-corrected chi connectivity index (χ2v) is 3.94. The van der Waals surface area contributed by atoms with Crippen LogP contribution in [0.25, 0.3) is 11.1 Å². The van der Waals surface area contributed by atoms with Crippen LogP contribution in [-0.2, 0) is 0 Å². The van der Waals surface area contributed by atoms with Crippen molar-refractivity contribution in [3.8, 4) is 11.1 Å². The van der Waals surface area contributed by atoms with Crippen LogP contribution in [-0.4, -0.2) is 11.1 Å². The Kier molecular flexibility index (Phi) is 3.11. The SMILES string of the molecule is O=C(O)c1ccc(F)cc1-c1ccc(Cl)cc1. The molecule has 0 fully saturated rings. The number of halogens is 2. The lowest BCUT2D eigenvalue weighted by Gasteiger charge is -2.06. The van der Waals surface area contributed by atoms with Gasteiger partial charge in [0.1, 0.15) is 5.82 Å². The van der Waals surface area contributed by atoms with Crippen LogP contribution in [0.2, 0.25) is 5.02 Å². The minimum Gasteiger partial charge on any atom is -0.478 e. The molecular weight excluding hydrogens is 243 g/mol. The van der Waals surface area contributed by atoms with E-state index >= 15 is 0 Å². The summed E-state index contributed by atoms with van der Waals surface area (Å²) < 4.78 is 13.2. The molecule has 0 saturated heterocycles. The summed E-state index contributed by atoms with van der Waals surface area (Å²) in [5.74, 6) is -1.56. The summed E-state index contributed by atoms with van der Waals surface area (Å²) in [7, 11) is 0. The van der Waals surface area contributed by atoms with E-state index in [1.807, 2.05) is 0 Å². The molecule has 0 amide bonds. The molecule has 2 aromatic carbocycles. The van der Waals surface area contributed by atoms with E-state index in [-0.39, 0.29) is 5.56 Å². The van der Waals surface area contributed by atoms with Crippen LogP contribution in [0.5, 0.6) is 0 Å². The second-order valence-electron chi connectivity index (χ2n) is 3.50. The highest BCUT2D eigenvalue weighted by atomic mass is 35.5. The van der Waals surface area contributed by atoms with Crippen molar-refractivity contribution in [3.05, 3.63) is 58.9 Å². The van der Waals surface area contributed by atoms with Gasteiger partial charge in [-0.1, -0.05) is 23.7 Å². The van der Waals surface area contributed by atoms with Gasteiger partial charge in [-0.25, -0.2) is 9.18 Å². The van der Waals surface area contributed by atoms with Crippen molar-refractivity contribution >= 4 is 17.6 Å². The molecule has 0 aliphatic heterocycles. The molecule has 4 heteroatoms. The summed E-state index contributed by atoms with van der Waals surface area (Å²) >= 11 is 5.74. The first-order valence-electron chi connectivity index (χ1n) is 4.87. The van der Waals surface area contributed by atoms with Gasteiger partial charge in [-0.2, -0.15) is 0 Å².